The maximum atomic E-state index is 11.8. The second-order valence-electron chi connectivity index (χ2n) is 5.03. The standard InChI is InChI=1S/C17H22N2O5/c1-5-6-15(20)18-12-8-7-11(2)13(9-12)19-14(17(22)24-4)10-16(21)23-3/h7-10,19H,5-6H2,1-4H3,(H,18,20)/b14-10+. The van der Waals surface area contributed by atoms with Crippen LogP contribution in [0.5, 0.6) is 0 Å². The molecule has 0 radical (unpaired) electrons. The van der Waals surface area contributed by atoms with Crippen molar-refractivity contribution in [1.29, 1.82) is 0 Å². The van der Waals surface area contributed by atoms with Crippen molar-refractivity contribution in [2.45, 2.75) is 26.7 Å². The Labute approximate surface area is 141 Å². The molecule has 2 N–H and O–H groups in total. The summed E-state index contributed by atoms with van der Waals surface area (Å²) in [4.78, 5) is 34.9. The van der Waals surface area contributed by atoms with Gasteiger partial charge in [0.25, 0.3) is 0 Å². The molecule has 1 amide bonds. The summed E-state index contributed by atoms with van der Waals surface area (Å²) in [6.45, 7) is 3.75. The van der Waals surface area contributed by atoms with Crippen molar-refractivity contribution in [2.75, 3.05) is 24.9 Å². The number of amides is 1. The second kappa shape index (κ2) is 9.34. The van der Waals surface area contributed by atoms with Crippen molar-refractivity contribution < 1.29 is 23.9 Å². The van der Waals surface area contributed by atoms with E-state index in [-0.39, 0.29) is 11.6 Å². The molecule has 0 heterocycles. The van der Waals surface area contributed by atoms with Crippen LogP contribution < -0.4 is 10.6 Å². The van der Waals surface area contributed by atoms with Gasteiger partial charge >= 0.3 is 11.9 Å². The summed E-state index contributed by atoms with van der Waals surface area (Å²) in [5, 5.41) is 5.62. The molecule has 1 aromatic carbocycles. The van der Waals surface area contributed by atoms with Crippen LogP contribution in [0.1, 0.15) is 25.3 Å². The van der Waals surface area contributed by atoms with E-state index in [1.807, 2.05) is 13.8 Å². The van der Waals surface area contributed by atoms with Crippen molar-refractivity contribution in [3.05, 3.63) is 35.5 Å². The number of rotatable bonds is 7. The summed E-state index contributed by atoms with van der Waals surface area (Å²) in [6, 6.07) is 5.23. The average Bonchev–Trinajstić information content (AvgIpc) is 2.56. The minimum Gasteiger partial charge on any atom is -0.466 e. The molecule has 0 aliphatic heterocycles. The lowest BCUT2D eigenvalue weighted by Crippen LogP contribution is -2.16. The largest absolute Gasteiger partial charge is 0.466 e. The number of esters is 2. The Bertz CT molecular complexity index is 652. The van der Waals surface area contributed by atoms with E-state index < -0.39 is 11.9 Å². The maximum absolute atomic E-state index is 11.8. The van der Waals surface area contributed by atoms with Crippen LogP contribution in [0.15, 0.2) is 30.0 Å². The first kappa shape index (κ1) is 19.2. The summed E-state index contributed by atoms with van der Waals surface area (Å²) in [6.07, 6.45) is 2.18. The lowest BCUT2D eigenvalue weighted by atomic mass is 10.1. The Hall–Kier alpha value is -2.83. The van der Waals surface area contributed by atoms with Gasteiger partial charge in [-0.15, -0.1) is 0 Å². The zero-order chi connectivity index (χ0) is 18.1. The number of hydrogen-bond donors (Lipinski definition) is 2. The van der Waals surface area contributed by atoms with Gasteiger partial charge in [0.05, 0.1) is 20.3 Å². The number of carbonyl (C=O) groups is 3. The van der Waals surface area contributed by atoms with Gasteiger partial charge < -0.3 is 20.1 Å². The van der Waals surface area contributed by atoms with Crippen LogP contribution in [0.25, 0.3) is 0 Å². The van der Waals surface area contributed by atoms with Crippen LogP contribution in [-0.2, 0) is 23.9 Å². The summed E-state index contributed by atoms with van der Waals surface area (Å²) in [7, 11) is 2.42. The van der Waals surface area contributed by atoms with Crippen LogP contribution >= 0.6 is 0 Å². The normalized spacial score (nSPS) is 10.8. The molecule has 130 valence electrons. The van der Waals surface area contributed by atoms with Gasteiger partial charge in [-0.1, -0.05) is 13.0 Å². The number of methoxy groups -OCH3 is 2. The summed E-state index contributed by atoms with van der Waals surface area (Å²) >= 11 is 0. The van der Waals surface area contributed by atoms with E-state index in [2.05, 4.69) is 20.1 Å². The van der Waals surface area contributed by atoms with Gasteiger partial charge in [-0.25, -0.2) is 9.59 Å². The van der Waals surface area contributed by atoms with Crippen LogP contribution in [0.3, 0.4) is 0 Å². The van der Waals surface area contributed by atoms with E-state index in [0.29, 0.717) is 17.8 Å². The lowest BCUT2D eigenvalue weighted by Gasteiger charge is -2.13. The SMILES string of the molecule is CCCC(=O)Nc1ccc(C)c(N/C(=C/C(=O)OC)C(=O)OC)c1. The molecule has 0 aliphatic carbocycles. The van der Waals surface area contributed by atoms with Gasteiger partial charge in [0.15, 0.2) is 0 Å². The first-order valence-electron chi connectivity index (χ1n) is 7.46. The Kier molecular flexibility index (Phi) is 7.48. The highest BCUT2D eigenvalue weighted by molar-refractivity contribution is 5.99. The number of aryl methyl sites for hydroxylation is 1. The van der Waals surface area contributed by atoms with Crippen LogP contribution in [0.4, 0.5) is 11.4 Å². The van der Waals surface area contributed by atoms with Crippen molar-refractivity contribution in [2.24, 2.45) is 0 Å². The number of ether oxygens (including phenoxy) is 2. The van der Waals surface area contributed by atoms with E-state index in [4.69, 9.17) is 0 Å². The van der Waals surface area contributed by atoms with Gasteiger partial charge in [0, 0.05) is 17.8 Å². The van der Waals surface area contributed by atoms with E-state index in [9.17, 15) is 14.4 Å². The second-order valence-corrected chi connectivity index (χ2v) is 5.03. The van der Waals surface area contributed by atoms with E-state index >= 15 is 0 Å². The molecule has 0 spiro atoms. The third kappa shape index (κ3) is 5.75. The molecule has 24 heavy (non-hydrogen) atoms. The van der Waals surface area contributed by atoms with Gasteiger partial charge in [0.1, 0.15) is 5.70 Å². The van der Waals surface area contributed by atoms with Crippen LogP contribution in [-0.4, -0.2) is 32.1 Å². The van der Waals surface area contributed by atoms with Crippen molar-refractivity contribution in [3.8, 4) is 0 Å². The summed E-state index contributed by atoms with van der Waals surface area (Å²) < 4.78 is 9.18. The third-order valence-electron chi connectivity index (χ3n) is 3.14. The first-order valence-corrected chi connectivity index (χ1v) is 7.46. The highest BCUT2D eigenvalue weighted by atomic mass is 16.5. The number of nitrogens with one attached hydrogen (secondary N) is 2. The van der Waals surface area contributed by atoms with Crippen LogP contribution in [0, 0.1) is 6.92 Å². The molecule has 1 rings (SSSR count). The maximum Gasteiger partial charge on any atom is 0.354 e. The highest BCUT2D eigenvalue weighted by Gasteiger charge is 2.14. The molecule has 0 aliphatic rings. The molecule has 0 fully saturated rings. The molecule has 0 aromatic heterocycles. The quantitative estimate of drug-likeness (QED) is 0.587. The Balaban J connectivity index is 3.06. The fraction of sp³-hybridized carbons (Fsp3) is 0.353. The summed E-state index contributed by atoms with van der Waals surface area (Å²) in [5.41, 5.74) is 1.90. The monoisotopic (exact) mass is 334 g/mol. The Morgan fingerprint density at radius 1 is 1.12 bits per heavy atom. The zero-order valence-electron chi connectivity index (χ0n) is 14.3. The third-order valence-corrected chi connectivity index (χ3v) is 3.14. The van der Waals surface area contributed by atoms with Crippen molar-refractivity contribution >= 4 is 29.2 Å². The summed E-state index contributed by atoms with van der Waals surface area (Å²) in [5.74, 6) is -1.49. The Morgan fingerprint density at radius 3 is 2.42 bits per heavy atom. The predicted molar refractivity (Wildman–Crippen MR) is 90.5 cm³/mol. The number of anilines is 2. The molecular weight excluding hydrogens is 312 g/mol. The van der Waals surface area contributed by atoms with E-state index in [1.54, 1.807) is 18.2 Å². The minimum atomic E-state index is -0.708. The molecule has 1 aromatic rings. The van der Waals surface area contributed by atoms with Gasteiger partial charge in [-0.05, 0) is 31.0 Å². The van der Waals surface area contributed by atoms with Crippen LogP contribution in [0.2, 0.25) is 0 Å². The van der Waals surface area contributed by atoms with Gasteiger partial charge in [-0.2, -0.15) is 0 Å². The fourth-order valence-electron chi connectivity index (χ4n) is 1.86. The number of carbonyl (C=O) groups excluding carboxylic acids is 3. The molecule has 7 nitrogen and oxygen atoms in total. The molecule has 0 saturated carbocycles. The fourth-order valence-corrected chi connectivity index (χ4v) is 1.86. The molecule has 0 bridgehead atoms. The average molecular weight is 334 g/mol. The predicted octanol–water partition coefficient (Wildman–Crippen LogP) is 2.38. The number of hydrogen-bond acceptors (Lipinski definition) is 6. The molecule has 7 heteroatoms. The topological polar surface area (TPSA) is 93.7 Å². The van der Waals surface area contributed by atoms with E-state index in [0.717, 1.165) is 18.1 Å². The van der Waals surface area contributed by atoms with Gasteiger partial charge in [0.2, 0.25) is 5.91 Å². The first-order chi connectivity index (χ1) is 11.4. The lowest BCUT2D eigenvalue weighted by molar-refractivity contribution is -0.138. The minimum absolute atomic E-state index is 0.0653. The zero-order valence-corrected chi connectivity index (χ0v) is 14.3. The van der Waals surface area contributed by atoms with Crippen molar-refractivity contribution in [3.63, 3.8) is 0 Å². The van der Waals surface area contributed by atoms with Gasteiger partial charge in [-0.3, -0.25) is 4.79 Å². The van der Waals surface area contributed by atoms with Crippen molar-refractivity contribution in [1.82, 2.24) is 0 Å². The van der Waals surface area contributed by atoms with E-state index in [1.165, 1.54) is 14.2 Å². The highest BCUT2D eigenvalue weighted by Crippen LogP contribution is 2.22. The molecule has 0 unspecified atom stereocenters. The smallest absolute Gasteiger partial charge is 0.354 e. The number of benzene rings is 1. The molecule has 0 saturated heterocycles. The Morgan fingerprint density at radius 2 is 1.83 bits per heavy atom. The molecule has 0 atom stereocenters. The molecular formula is C17H22N2O5.